The first-order valence-electron chi connectivity index (χ1n) is 22.7. The number of carboxylic acid groups (broad SMARTS) is 1. The van der Waals surface area contributed by atoms with Crippen molar-refractivity contribution in [2.24, 2.45) is 15.7 Å². The minimum Gasteiger partial charge on any atom is -0.508 e. The molecule has 0 saturated carbocycles. The van der Waals surface area contributed by atoms with Gasteiger partial charge in [0.05, 0.1) is 23.0 Å². The Balaban J connectivity index is 0.00000782. The summed E-state index contributed by atoms with van der Waals surface area (Å²) in [5, 5.41) is 59.5. The van der Waals surface area contributed by atoms with E-state index < -0.39 is 30.0 Å². The molecule has 0 spiro atoms. The number of aromatic amines is 1. The van der Waals surface area contributed by atoms with Crippen LogP contribution in [0.3, 0.4) is 0 Å². The standard InChI is InChI=1S/C51H56N8O9.Cu/c1-30-57-43-15-10-32-9-8-31(22-40(32)48(43)49(65)58-30)26-54-36-11-14-39-35(23-36)29-59(50(39)66)44(51(67)68)16-19-47(64)53-21-5-3-7-42(56-28-34-25-38(61)13-18-46(34)63)41(6-2-4-20-52)55-27-33-24-37(60)12-17-45(33)62;/h8-15,17-18,22-25,27-28,41-42,44,54,60-63H,2-7,16,19-21,26,29,52H2,1H3,(H,53,64)(H,67,68)(H,57,58,65);. The molecule has 7 rings (SSSR count). The summed E-state index contributed by atoms with van der Waals surface area (Å²) >= 11 is 0. The zero-order chi connectivity index (χ0) is 48.3. The number of hydrogen-bond donors (Lipinski definition) is 9. The molecule has 17 nitrogen and oxygen atoms in total. The molecule has 10 N–H and O–H groups in total. The van der Waals surface area contributed by atoms with Crippen molar-refractivity contribution in [1.29, 1.82) is 0 Å². The van der Waals surface area contributed by atoms with E-state index in [1.807, 2.05) is 36.4 Å². The van der Waals surface area contributed by atoms with Crippen LogP contribution in [-0.4, -0.2) is 102 Å². The third kappa shape index (κ3) is 13.0. The number of amides is 2. The van der Waals surface area contributed by atoms with Gasteiger partial charge in [0, 0.05) is 77.9 Å². The predicted octanol–water partition coefficient (Wildman–Crippen LogP) is 6.40. The Bertz CT molecular complexity index is 2940. The number of carboxylic acids is 1. The molecule has 365 valence electrons. The fourth-order valence-corrected chi connectivity index (χ4v) is 8.49. The summed E-state index contributed by atoms with van der Waals surface area (Å²) in [5.74, 6) is -1.64. The maximum Gasteiger partial charge on any atom is 0.326 e. The van der Waals surface area contributed by atoms with Crippen LogP contribution >= 0.6 is 0 Å². The number of aryl methyl sites for hydroxylation is 1. The number of aliphatic imine (C=N–C) groups is 2. The molecule has 18 heteroatoms. The summed E-state index contributed by atoms with van der Waals surface area (Å²) in [4.78, 5) is 70.1. The molecule has 1 radical (unpaired) electrons. The minimum absolute atomic E-state index is 0. The van der Waals surface area contributed by atoms with E-state index in [0.29, 0.717) is 84.3 Å². The first-order chi connectivity index (χ1) is 32.8. The van der Waals surface area contributed by atoms with Gasteiger partial charge in [0.15, 0.2) is 0 Å². The average molecular weight is 989 g/mol. The summed E-state index contributed by atoms with van der Waals surface area (Å²) in [7, 11) is 0. The van der Waals surface area contributed by atoms with E-state index in [4.69, 9.17) is 15.7 Å². The quantitative estimate of drug-likeness (QED) is 0.0118. The van der Waals surface area contributed by atoms with Crippen molar-refractivity contribution < 1.29 is 57.0 Å². The van der Waals surface area contributed by atoms with E-state index >= 15 is 0 Å². The average Bonchev–Trinajstić information content (AvgIpc) is 3.63. The number of rotatable bonds is 22. The van der Waals surface area contributed by atoms with Gasteiger partial charge in [-0.1, -0.05) is 18.2 Å². The van der Waals surface area contributed by atoms with E-state index in [9.17, 15) is 44.7 Å². The number of phenols is 4. The number of aromatic hydroxyl groups is 4. The van der Waals surface area contributed by atoms with Crippen molar-refractivity contribution in [2.45, 2.75) is 89.5 Å². The van der Waals surface area contributed by atoms with Gasteiger partial charge < -0.3 is 51.8 Å². The zero-order valence-corrected chi connectivity index (χ0v) is 38.9. The van der Waals surface area contributed by atoms with Crippen LogP contribution in [0.25, 0.3) is 21.7 Å². The van der Waals surface area contributed by atoms with Crippen molar-refractivity contribution in [3.8, 4) is 23.0 Å². The number of carbonyl (C=O) groups excluding carboxylic acids is 2. The molecule has 1 aliphatic rings. The number of hydrogen-bond acceptors (Lipinski definition) is 13. The van der Waals surface area contributed by atoms with Gasteiger partial charge in [-0.2, -0.15) is 0 Å². The maximum atomic E-state index is 13.5. The van der Waals surface area contributed by atoms with Crippen LogP contribution in [0.15, 0.2) is 99.7 Å². The van der Waals surface area contributed by atoms with Crippen LogP contribution in [0.4, 0.5) is 5.69 Å². The molecule has 6 aromatic rings. The van der Waals surface area contributed by atoms with E-state index in [1.54, 1.807) is 19.1 Å². The van der Waals surface area contributed by atoms with E-state index in [2.05, 4.69) is 20.6 Å². The number of fused-ring (bicyclic) bond motifs is 4. The van der Waals surface area contributed by atoms with Crippen LogP contribution in [0.2, 0.25) is 0 Å². The fraction of sp³-hybridized carbons (Fsp3) is 0.314. The Kier molecular flexibility index (Phi) is 17.5. The number of H-pyrrole nitrogens is 1. The molecule has 1 aliphatic heterocycles. The molecule has 0 aliphatic carbocycles. The number of carbonyl (C=O) groups is 3. The second kappa shape index (κ2) is 23.6. The smallest absolute Gasteiger partial charge is 0.326 e. The molecule has 2 heterocycles. The predicted molar refractivity (Wildman–Crippen MR) is 261 cm³/mol. The second-order valence-electron chi connectivity index (χ2n) is 17.0. The number of phenolic OH excluding ortho intramolecular Hbond substituents is 4. The van der Waals surface area contributed by atoms with Crippen LogP contribution in [-0.2, 0) is 39.7 Å². The summed E-state index contributed by atoms with van der Waals surface area (Å²) < 4.78 is 0. The molecule has 3 atom stereocenters. The van der Waals surface area contributed by atoms with Crippen molar-refractivity contribution in [3.05, 3.63) is 129 Å². The van der Waals surface area contributed by atoms with Gasteiger partial charge in [0.1, 0.15) is 34.9 Å². The van der Waals surface area contributed by atoms with Crippen LogP contribution in [0.5, 0.6) is 23.0 Å². The van der Waals surface area contributed by atoms with E-state index in [0.717, 1.165) is 34.9 Å². The van der Waals surface area contributed by atoms with Gasteiger partial charge in [-0.15, -0.1) is 0 Å². The van der Waals surface area contributed by atoms with E-state index in [1.165, 1.54) is 53.7 Å². The number of unbranched alkanes of at least 4 members (excludes halogenated alkanes) is 2. The molecule has 0 fully saturated rings. The molecule has 69 heavy (non-hydrogen) atoms. The Morgan fingerprint density at radius 2 is 1.48 bits per heavy atom. The molecule has 0 saturated heterocycles. The normalized spacial score (nSPS) is 13.7. The molecule has 1 aromatic heterocycles. The SMILES string of the molecule is Cc1nc2ccc3ccc(CNc4ccc5c(c4)CN(C(CCC(=O)NCCCCC(N=Cc4cc(O)ccc4O)C(CCCCN)N=Cc4cc(O)ccc4O)C(=O)O)C5=O)cc3c2c(=O)[nH]1.[Cu]. The van der Waals surface area contributed by atoms with Crippen molar-refractivity contribution in [3.63, 3.8) is 0 Å². The number of nitrogens with two attached hydrogens (primary N) is 1. The van der Waals surface area contributed by atoms with Gasteiger partial charge in [-0.25, -0.2) is 9.78 Å². The minimum atomic E-state index is -1.23. The molecule has 5 aromatic carbocycles. The molecule has 2 amide bonds. The monoisotopic (exact) mass is 987 g/mol. The third-order valence-electron chi connectivity index (χ3n) is 12.1. The number of nitrogens with one attached hydrogen (secondary N) is 3. The van der Waals surface area contributed by atoms with Gasteiger partial charge in [-0.05, 0) is 147 Å². The number of anilines is 1. The van der Waals surface area contributed by atoms with Crippen molar-refractivity contribution in [2.75, 3.05) is 18.4 Å². The number of benzene rings is 5. The largest absolute Gasteiger partial charge is 0.508 e. The second-order valence-corrected chi connectivity index (χ2v) is 17.0. The summed E-state index contributed by atoms with van der Waals surface area (Å²) in [5.41, 5.74) is 9.57. The molecular formula is C51H56CuN8O9. The van der Waals surface area contributed by atoms with Gasteiger partial charge in [0.25, 0.3) is 11.5 Å². The summed E-state index contributed by atoms with van der Waals surface area (Å²) in [6, 6.07) is 21.1. The Morgan fingerprint density at radius 3 is 2.13 bits per heavy atom. The first-order valence-corrected chi connectivity index (χ1v) is 22.7. The maximum absolute atomic E-state index is 13.5. The topological polar surface area (TPSA) is 276 Å². The molecular weight excluding hydrogens is 932 g/mol. The number of nitrogens with zero attached hydrogens (tertiary/aromatic N) is 4. The van der Waals surface area contributed by atoms with Crippen molar-refractivity contribution >= 4 is 57.6 Å². The van der Waals surface area contributed by atoms with Gasteiger partial charge in [-0.3, -0.25) is 24.4 Å². The number of aliphatic carboxylic acids is 1. The van der Waals surface area contributed by atoms with Gasteiger partial charge >= 0.3 is 5.97 Å². The third-order valence-corrected chi connectivity index (χ3v) is 12.1. The summed E-state index contributed by atoms with van der Waals surface area (Å²) in [6.07, 6.45) is 6.51. The Morgan fingerprint density at radius 1 is 0.826 bits per heavy atom. The van der Waals surface area contributed by atoms with E-state index in [-0.39, 0.29) is 70.9 Å². The van der Waals surface area contributed by atoms with Crippen molar-refractivity contribution in [1.82, 2.24) is 20.2 Å². The van der Waals surface area contributed by atoms with Gasteiger partial charge in [0.2, 0.25) is 5.91 Å². The fourth-order valence-electron chi connectivity index (χ4n) is 8.49. The van der Waals surface area contributed by atoms with Crippen LogP contribution in [0, 0.1) is 6.92 Å². The zero-order valence-electron chi connectivity index (χ0n) is 38.0. The summed E-state index contributed by atoms with van der Waals surface area (Å²) in [6.45, 7) is 3.02. The van der Waals surface area contributed by atoms with Crippen LogP contribution in [0.1, 0.15) is 89.8 Å². The Labute approximate surface area is 408 Å². The Hall–Kier alpha value is -7.27. The van der Waals surface area contributed by atoms with Crippen LogP contribution < -0.4 is 21.9 Å². The molecule has 0 bridgehead atoms. The number of aromatic nitrogens is 2. The first kappa shape index (κ1) is 51.1. The molecule has 3 unspecified atom stereocenters.